The van der Waals surface area contributed by atoms with Crippen molar-refractivity contribution in [1.29, 1.82) is 0 Å². The van der Waals surface area contributed by atoms with Crippen molar-refractivity contribution in [2.45, 2.75) is 12.2 Å². The van der Waals surface area contributed by atoms with E-state index in [0.29, 0.717) is 0 Å². The van der Waals surface area contributed by atoms with Gasteiger partial charge in [0, 0.05) is 0 Å². The topological polar surface area (TPSA) is 29.1 Å². The third-order valence-corrected chi connectivity index (χ3v) is 1.55. The zero-order valence-corrected chi connectivity index (χ0v) is 6.04. The molecule has 1 aliphatic rings. The molecule has 1 amide bonds. The lowest BCUT2D eigenvalue weighted by atomic mass is 10.3. The molecule has 1 N–H and O–H groups in total. The Bertz CT molecular complexity index is 222. The van der Waals surface area contributed by atoms with Gasteiger partial charge >= 0.3 is 6.18 Å². The molecule has 1 atom stereocenters. The molecule has 0 bridgehead atoms. The zero-order chi connectivity index (χ0) is 8.65. The number of carbonyl (C=O) groups excluding carboxylic acids is 1. The Morgan fingerprint density at radius 1 is 1.55 bits per heavy atom. The molecular weight excluding hydrogens is 179 g/mol. The Balaban J connectivity index is 2.76. The van der Waals surface area contributed by atoms with Gasteiger partial charge in [0.05, 0.1) is 4.91 Å². The number of alkyl halides is 3. The fourth-order valence-electron chi connectivity index (χ4n) is 0.667. The predicted octanol–water partition coefficient (Wildman–Crippen LogP) is 0.861. The van der Waals surface area contributed by atoms with Gasteiger partial charge in [0.25, 0.3) is 5.91 Å². The van der Waals surface area contributed by atoms with Crippen LogP contribution in [0, 0.1) is 0 Å². The van der Waals surface area contributed by atoms with Crippen LogP contribution in [-0.2, 0) is 4.79 Å². The van der Waals surface area contributed by atoms with Gasteiger partial charge in [0.2, 0.25) is 0 Å². The molecule has 1 aliphatic heterocycles. The van der Waals surface area contributed by atoms with Crippen LogP contribution in [0.15, 0.2) is 11.0 Å². The molecule has 2 nitrogen and oxygen atoms in total. The lowest BCUT2D eigenvalue weighted by Gasteiger charge is -2.11. The summed E-state index contributed by atoms with van der Waals surface area (Å²) in [5.74, 6) is -0.782. The van der Waals surface area contributed by atoms with E-state index in [1.807, 2.05) is 0 Å². The number of amides is 1. The molecule has 0 aromatic heterocycles. The summed E-state index contributed by atoms with van der Waals surface area (Å²) in [6.07, 6.45) is -3.68. The summed E-state index contributed by atoms with van der Waals surface area (Å²) < 4.78 is 35.4. The second-order valence-electron chi connectivity index (χ2n) is 2.04. The van der Waals surface area contributed by atoms with Crippen molar-refractivity contribution in [3.63, 3.8) is 0 Å². The van der Waals surface area contributed by atoms with Gasteiger partial charge in [0.15, 0.2) is 0 Å². The monoisotopic (exact) mass is 183 g/mol. The van der Waals surface area contributed by atoms with E-state index < -0.39 is 18.1 Å². The number of halogens is 3. The van der Waals surface area contributed by atoms with Crippen LogP contribution in [0.5, 0.6) is 0 Å². The van der Waals surface area contributed by atoms with Gasteiger partial charge in [-0.1, -0.05) is 0 Å². The lowest BCUT2D eigenvalue weighted by molar-refractivity contribution is -0.148. The first kappa shape index (κ1) is 8.45. The number of thiol groups is 1. The molecule has 11 heavy (non-hydrogen) atoms. The Labute approximate surface area is 65.9 Å². The van der Waals surface area contributed by atoms with Crippen LogP contribution in [0.1, 0.15) is 0 Å². The van der Waals surface area contributed by atoms with E-state index in [9.17, 15) is 18.0 Å². The largest absolute Gasteiger partial charge is 0.412 e. The van der Waals surface area contributed by atoms with Crippen LogP contribution in [-0.4, -0.2) is 18.1 Å². The van der Waals surface area contributed by atoms with Crippen molar-refractivity contribution >= 4 is 18.5 Å². The highest BCUT2D eigenvalue weighted by atomic mass is 32.1. The number of hydrogen-bond donors (Lipinski definition) is 2. The summed E-state index contributed by atoms with van der Waals surface area (Å²) in [6.45, 7) is 0. The van der Waals surface area contributed by atoms with E-state index in [-0.39, 0.29) is 4.91 Å². The normalized spacial score (nSPS) is 24.9. The van der Waals surface area contributed by atoms with E-state index in [4.69, 9.17) is 0 Å². The molecule has 1 unspecified atom stereocenters. The molecule has 0 saturated carbocycles. The van der Waals surface area contributed by atoms with Crippen molar-refractivity contribution in [3.05, 3.63) is 11.0 Å². The van der Waals surface area contributed by atoms with Crippen LogP contribution in [0.3, 0.4) is 0 Å². The van der Waals surface area contributed by atoms with E-state index in [1.165, 1.54) is 0 Å². The fourth-order valence-corrected chi connectivity index (χ4v) is 0.880. The van der Waals surface area contributed by atoms with E-state index in [2.05, 4.69) is 12.6 Å². The second-order valence-corrected chi connectivity index (χ2v) is 2.53. The predicted molar refractivity (Wildman–Crippen MR) is 35.1 cm³/mol. The minimum absolute atomic E-state index is 0.188. The van der Waals surface area contributed by atoms with Crippen LogP contribution in [0.2, 0.25) is 0 Å². The SMILES string of the molecule is O=C1NC(C(F)(F)F)C=C1S. The van der Waals surface area contributed by atoms with Crippen molar-refractivity contribution in [2.24, 2.45) is 0 Å². The Morgan fingerprint density at radius 3 is 2.27 bits per heavy atom. The minimum atomic E-state index is -4.42. The summed E-state index contributed by atoms with van der Waals surface area (Å²) in [4.78, 5) is 10.3. The summed E-state index contributed by atoms with van der Waals surface area (Å²) in [7, 11) is 0. The van der Waals surface area contributed by atoms with Crippen molar-refractivity contribution in [3.8, 4) is 0 Å². The third kappa shape index (κ3) is 1.68. The number of nitrogens with one attached hydrogen (secondary N) is 1. The summed E-state index contributed by atoms with van der Waals surface area (Å²) in [5.41, 5.74) is 0. The van der Waals surface area contributed by atoms with E-state index >= 15 is 0 Å². The molecule has 0 aliphatic carbocycles. The maximum atomic E-state index is 11.8. The maximum Gasteiger partial charge on any atom is 0.412 e. The average Bonchev–Trinajstić information content (AvgIpc) is 2.11. The van der Waals surface area contributed by atoms with Crippen LogP contribution in [0.4, 0.5) is 13.2 Å². The molecule has 0 aromatic rings. The highest BCUT2D eigenvalue weighted by molar-refractivity contribution is 7.85. The molecule has 1 rings (SSSR count). The van der Waals surface area contributed by atoms with Crippen LogP contribution in [0.25, 0.3) is 0 Å². The number of rotatable bonds is 0. The summed E-state index contributed by atoms with van der Waals surface area (Å²) >= 11 is 3.53. The van der Waals surface area contributed by atoms with Gasteiger partial charge in [-0.3, -0.25) is 4.79 Å². The highest BCUT2D eigenvalue weighted by Crippen LogP contribution is 2.26. The van der Waals surface area contributed by atoms with Crippen molar-refractivity contribution < 1.29 is 18.0 Å². The first-order valence-corrected chi connectivity index (χ1v) is 3.14. The lowest BCUT2D eigenvalue weighted by Crippen LogP contribution is -2.39. The van der Waals surface area contributed by atoms with Crippen molar-refractivity contribution in [2.75, 3.05) is 0 Å². The molecular formula is C5H4F3NOS. The molecule has 0 saturated heterocycles. The first-order chi connectivity index (χ1) is 4.91. The quantitative estimate of drug-likeness (QED) is 0.536. The molecule has 0 spiro atoms. The van der Waals surface area contributed by atoms with Gasteiger partial charge in [-0.25, -0.2) is 0 Å². The Kier molecular flexibility index (Phi) is 1.87. The highest BCUT2D eigenvalue weighted by Gasteiger charge is 2.42. The number of hydrogen-bond acceptors (Lipinski definition) is 2. The average molecular weight is 183 g/mol. The minimum Gasteiger partial charge on any atom is -0.337 e. The summed E-state index contributed by atoms with van der Waals surface area (Å²) in [5, 5.41) is 1.71. The Morgan fingerprint density at radius 2 is 2.09 bits per heavy atom. The third-order valence-electron chi connectivity index (χ3n) is 1.20. The smallest absolute Gasteiger partial charge is 0.337 e. The molecule has 62 valence electrons. The molecule has 0 radical (unpaired) electrons. The summed E-state index contributed by atoms with van der Waals surface area (Å²) in [6, 6.07) is -1.87. The Hall–Kier alpha value is -0.650. The molecule has 0 aromatic carbocycles. The van der Waals surface area contributed by atoms with Gasteiger partial charge in [-0.05, 0) is 6.08 Å². The van der Waals surface area contributed by atoms with E-state index in [0.717, 1.165) is 6.08 Å². The van der Waals surface area contributed by atoms with Gasteiger partial charge in [-0.2, -0.15) is 13.2 Å². The van der Waals surface area contributed by atoms with Crippen LogP contribution >= 0.6 is 12.6 Å². The maximum absolute atomic E-state index is 11.8. The van der Waals surface area contributed by atoms with Gasteiger partial charge in [0.1, 0.15) is 6.04 Å². The van der Waals surface area contributed by atoms with Crippen molar-refractivity contribution in [1.82, 2.24) is 5.32 Å². The zero-order valence-electron chi connectivity index (χ0n) is 5.14. The van der Waals surface area contributed by atoms with Gasteiger partial charge < -0.3 is 5.32 Å². The molecule has 1 heterocycles. The van der Waals surface area contributed by atoms with Gasteiger partial charge in [-0.15, -0.1) is 12.6 Å². The van der Waals surface area contributed by atoms with Crippen LogP contribution < -0.4 is 5.32 Å². The first-order valence-electron chi connectivity index (χ1n) is 2.69. The fraction of sp³-hybridized carbons (Fsp3) is 0.400. The van der Waals surface area contributed by atoms with E-state index in [1.54, 1.807) is 5.32 Å². The standard InChI is InChI=1S/C5H4F3NOS/c6-5(7,8)3-1-2(11)4(10)9-3/h1,3,11H,(H,9,10). The second kappa shape index (κ2) is 2.44. The molecule has 6 heteroatoms. The number of carbonyl (C=O) groups is 1. The molecule has 0 fully saturated rings.